The number of nitrogens with zero attached hydrogens (tertiary/aromatic N) is 4. The van der Waals surface area contributed by atoms with Crippen LogP contribution in [0.4, 0.5) is 5.82 Å². The van der Waals surface area contributed by atoms with E-state index in [4.69, 9.17) is 17.0 Å². The summed E-state index contributed by atoms with van der Waals surface area (Å²) in [5, 5.41) is 9.63. The average molecular weight is 475 g/mol. The second-order valence-electron chi connectivity index (χ2n) is 8.89. The molecule has 0 aromatic carbocycles. The van der Waals surface area contributed by atoms with Gasteiger partial charge < -0.3 is 9.64 Å². The first kappa shape index (κ1) is 24.5. The van der Waals surface area contributed by atoms with Crippen molar-refractivity contribution in [2.45, 2.75) is 53.2 Å². The number of ether oxygens (including phenoxy) is 1. The SMILES string of the molecule is Cc1c(/C=C2/SC(=S)N(CCC(C)C)C2=O)c(N2C[C@H](C)O[C@@H](C)C2)n(C)c(=O)c1C#N. The third kappa shape index (κ3) is 4.77. The Morgan fingerprint density at radius 3 is 2.47 bits per heavy atom. The standard InChI is InChI=1S/C23H30N4O3S2/c1-13(2)7-8-27-22(29)19(32-23(27)31)9-17-16(5)18(10-24)21(28)25(6)20(17)26-11-14(3)30-15(4)12-26/h9,13-15H,7-8,11-12H2,1-6H3/b19-9+/t14-,15-/m0/s1. The minimum Gasteiger partial charge on any atom is -0.372 e. The number of thiocarbonyl (C=S) groups is 1. The van der Waals surface area contributed by atoms with Crippen LogP contribution in [-0.2, 0) is 16.6 Å². The van der Waals surface area contributed by atoms with Gasteiger partial charge in [-0.1, -0.05) is 37.8 Å². The predicted octanol–water partition coefficient (Wildman–Crippen LogP) is 3.43. The minimum atomic E-state index is -0.339. The molecule has 0 spiro atoms. The van der Waals surface area contributed by atoms with Crippen LogP contribution in [0.2, 0.25) is 0 Å². The Labute approximate surface area is 199 Å². The van der Waals surface area contributed by atoms with E-state index in [1.807, 2.05) is 19.9 Å². The molecule has 32 heavy (non-hydrogen) atoms. The van der Waals surface area contributed by atoms with Crippen molar-refractivity contribution >= 4 is 46.1 Å². The predicted molar refractivity (Wildman–Crippen MR) is 133 cm³/mol. The van der Waals surface area contributed by atoms with Gasteiger partial charge in [-0.25, -0.2) is 0 Å². The van der Waals surface area contributed by atoms with Gasteiger partial charge in [0, 0.05) is 32.2 Å². The number of aromatic nitrogens is 1. The number of amides is 1. The molecule has 1 aromatic rings. The highest BCUT2D eigenvalue weighted by atomic mass is 32.2. The largest absolute Gasteiger partial charge is 0.372 e. The van der Waals surface area contributed by atoms with E-state index in [0.29, 0.717) is 51.7 Å². The molecule has 0 N–H and O–H groups in total. The molecule has 2 fully saturated rings. The molecule has 2 atom stereocenters. The molecule has 3 heterocycles. The van der Waals surface area contributed by atoms with Crippen molar-refractivity contribution in [3.05, 3.63) is 31.9 Å². The van der Waals surface area contributed by atoms with Crippen molar-refractivity contribution < 1.29 is 9.53 Å². The fourth-order valence-electron chi connectivity index (χ4n) is 4.16. The van der Waals surface area contributed by atoms with Gasteiger partial charge in [-0.15, -0.1) is 0 Å². The fourth-order valence-corrected chi connectivity index (χ4v) is 5.45. The number of anilines is 1. The number of thioether (sulfide) groups is 1. The molecular weight excluding hydrogens is 444 g/mol. The van der Waals surface area contributed by atoms with Crippen LogP contribution >= 0.6 is 24.0 Å². The molecule has 0 saturated carbocycles. The van der Waals surface area contributed by atoms with Gasteiger partial charge in [-0.3, -0.25) is 19.1 Å². The molecule has 2 saturated heterocycles. The smallest absolute Gasteiger partial charge is 0.270 e. The summed E-state index contributed by atoms with van der Waals surface area (Å²) < 4.78 is 7.93. The van der Waals surface area contributed by atoms with E-state index >= 15 is 0 Å². The van der Waals surface area contributed by atoms with Crippen molar-refractivity contribution in [2.24, 2.45) is 13.0 Å². The van der Waals surface area contributed by atoms with Gasteiger partial charge in [0.25, 0.3) is 11.5 Å². The van der Waals surface area contributed by atoms with E-state index in [-0.39, 0.29) is 29.2 Å². The Bertz CT molecular complexity index is 1060. The van der Waals surface area contributed by atoms with E-state index in [0.717, 1.165) is 6.42 Å². The topological polar surface area (TPSA) is 78.6 Å². The lowest BCUT2D eigenvalue weighted by Gasteiger charge is -2.38. The van der Waals surface area contributed by atoms with E-state index < -0.39 is 0 Å². The zero-order valence-corrected chi connectivity index (χ0v) is 21.1. The Kier molecular flexibility index (Phi) is 7.48. The molecule has 3 rings (SSSR count). The molecular formula is C23H30N4O3S2. The lowest BCUT2D eigenvalue weighted by atomic mass is 10.0. The zero-order valence-electron chi connectivity index (χ0n) is 19.5. The number of pyridine rings is 1. The highest BCUT2D eigenvalue weighted by molar-refractivity contribution is 8.26. The summed E-state index contributed by atoms with van der Waals surface area (Å²) in [6, 6.07) is 2.05. The molecule has 172 valence electrons. The first-order valence-corrected chi connectivity index (χ1v) is 12.1. The molecule has 1 aromatic heterocycles. The number of carbonyl (C=O) groups is 1. The Hall–Kier alpha value is -2.15. The van der Waals surface area contributed by atoms with Gasteiger partial charge in [0.2, 0.25) is 0 Å². The average Bonchev–Trinajstić information content (AvgIpc) is 2.97. The number of morpholine rings is 1. The summed E-state index contributed by atoms with van der Waals surface area (Å²) in [5.41, 5.74) is 1.03. The highest BCUT2D eigenvalue weighted by Crippen LogP contribution is 2.36. The lowest BCUT2D eigenvalue weighted by Crippen LogP contribution is -2.47. The quantitative estimate of drug-likeness (QED) is 0.478. The van der Waals surface area contributed by atoms with Crippen molar-refractivity contribution in [2.75, 3.05) is 24.5 Å². The number of hydrogen-bond donors (Lipinski definition) is 0. The maximum atomic E-state index is 13.1. The van der Waals surface area contributed by atoms with Gasteiger partial charge in [0.15, 0.2) is 0 Å². The van der Waals surface area contributed by atoms with E-state index in [1.165, 1.54) is 16.3 Å². The van der Waals surface area contributed by atoms with E-state index in [9.17, 15) is 14.9 Å². The van der Waals surface area contributed by atoms with Gasteiger partial charge >= 0.3 is 0 Å². The fraction of sp³-hybridized carbons (Fsp3) is 0.565. The maximum absolute atomic E-state index is 13.1. The highest BCUT2D eigenvalue weighted by Gasteiger charge is 2.33. The first-order chi connectivity index (χ1) is 15.0. The molecule has 0 bridgehead atoms. The first-order valence-electron chi connectivity index (χ1n) is 10.8. The second-order valence-corrected chi connectivity index (χ2v) is 10.6. The molecule has 0 radical (unpaired) electrons. The lowest BCUT2D eigenvalue weighted by molar-refractivity contribution is -0.122. The summed E-state index contributed by atoms with van der Waals surface area (Å²) in [7, 11) is 1.67. The monoisotopic (exact) mass is 474 g/mol. The normalized spacial score (nSPS) is 22.9. The molecule has 2 aliphatic rings. The van der Waals surface area contributed by atoms with Gasteiger partial charge in [-0.2, -0.15) is 5.26 Å². The molecule has 0 aliphatic carbocycles. The van der Waals surface area contributed by atoms with Crippen molar-refractivity contribution in [3.63, 3.8) is 0 Å². The number of carbonyl (C=O) groups excluding carboxylic acids is 1. The van der Waals surface area contributed by atoms with E-state index in [1.54, 1.807) is 24.9 Å². The third-order valence-corrected chi connectivity index (χ3v) is 7.14. The van der Waals surface area contributed by atoms with Gasteiger partial charge in [-0.05, 0) is 44.7 Å². The minimum absolute atomic E-state index is 0.00750. The van der Waals surface area contributed by atoms with Gasteiger partial charge in [0.05, 0.1) is 17.1 Å². The molecule has 2 aliphatic heterocycles. The second kappa shape index (κ2) is 9.77. The van der Waals surface area contributed by atoms with Crippen LogP contribution in [-0.4, -0.2) is 51.5 Å². The summed E-state index contributed by atoms with van der Waals surface area (Å²) in [6.45, 7) is 11.8. The zero-order chi connectivity index (χ0) is 23.7. The molecule has 0 unspecified atom stereocenters. The maximum Gasteiger partial charge on any atom is 0.270 e. The van der Waals surface area contributed by atoms with Crippen LogP contribution in [0.5, 0.6) is 0 Å². The number of hydrogen-bond acceptors (Lipinski definition) is 7. The van der Waals surface area contributed by atoms with Crippen molar-refractivity contribution in [1.82, 2.24) is 9.47 Å². The van der Waals surface area contributed by atoms with Crippen LogP contribution in [0.3, 0.4) is 0 Å². The summed E-state index contributed by atoms with van der Waals surface area (Å²) in [5.74, 6) is 1.03. The van der Waals surface area contributed by atoms with E-state index in [2.05, 4.69) is 18.7 Å². The Balaban J connectivity index is 2.12. The molecule has 7 nitrogen and oxygen atoms in total. The van der Waals surface area contributed by atoms with Crippen LogP contribution in [0, 0.1) is 24.2 Å². The van der Waals surface area contributed by atoms with Crippen molar-refractivity contribution in [1.29, 1.82) is 5.26 Å². The number of nitriles is 1. The van der Waals surface area contributed by atoms with Gasteiger partial charge in [0.1, 0.15) is 21.8 Å². The van der Waals surface area contributed by atoms with Crippen LogP contribution in [0.1, 0.15) is 50.8 Å². The third-order valence-electron chi connectivity index (χ3n) is 5.77. The summed E-state index contributed by atoms with van der Waals surface area (Å²) in [6.07, 6.45) is 2.65. The Morgan fingerprint density at radius 1 is 1.28 bits per heavy atom. The summed E-state index contributed by atoms with van der Waals surface area (Å²) in [4.78, 5) is 30.3. The number of rotatable bonds is 5. The molecule has 9 heteroatoms. The van der Waals surface area contributed by atoms with Crippen molar-refractivity contribution in [3.8, 4) is 6.07 Å². The summed E-state index contributed by atoms with van der Waals surface area (Å²) >= 11 is 6.74. The Morgan fingerprint density at radius 2 is 1.91 bits per heavy atom. The van der Waals surface area contributed by atoms with Crippen LogP contribution in [0.25, 0.3) is 6.08 Å². The van der Waals surface area contributed by atoms with Crippen LogP contribution in [0.15, 0.2) is 9.70 Å². The van der Waals surface area contributed by atoms with Crippen LogP contribution < -0.4 is 10.5 Å². The molecule has 1 amide bonds.